The Morgan fingerprint density at radius 2 is 1.76 bits per heavy atom. The Hall–Kier alpha value is -4.37. The van der Waals surface area contributed by atoms with Gasteiger partial charge in [0.1, 0.15) is 5.75 Å². The summed E-state index contributed by atoms with van der Waals surface area (Å²) in [4.78, 5) is 41.0. The third kappa shape index (κ3) is 4.99. The number of aromatic hydroxyl groups is 1. The number of nitrogens with one attached hydrogen (secondary N) is 2. The molecule has 2 heterocycles. The summed E-state index contributed by atoms with van der Waals surface area (Å²) in [6.45, 7) is 8.40. The number of phenolic OH excluding ortho intramolecular Hbond substituents is 1. The van der Waals surface area contributed by atoms with Crippen LogP contribution >= 0.6 is 0 Å². The molecule has 0 saturated heterocycles. The predicted molar refractivity (Wildman–Crippen MR) is 143 cm³/mol. The molecule has 4 N–H and O–H groups in total. The maximum atomic E-state index is 13.5. The summed E-state index contributed by atoms with van der Waals surface area (Å²) in [5, 5.41) is 25.7. The van der Waals surface area contributed by atoms with Crippen molar-refractivity contribution >= 4 is 35.2 Å². The van der Waals surface area contributed by atoms with Crippen molar-refractivity contribution in [1.82, 2.24) is 14.8 Å². The lowest BCUT2D eigenvalue weighted by Gasteiger charge is -2.18. The van der Waals surface area contributed by atoms with Gasteiger partial charge in [0.2, 0.25) is 0 Å². The van der Waals surface area contributed by atoms with Crippen molar-refractivity contribution in [1.29, 1.82) is 0 Å². The number of hydrogen-bond donors (Lipinski definition) is 4. The Morgan fingerprint density at radius 3 is 2.41 bits per heavy atom. The van der Waals surface area contributed by atoms with Gasteiger partial charge in [0, 0.05) is 35.6 Å². The van der Waals surface area contributed by atoms with E-state index in [1.54, 1.807) is 43.3 Å². The Morgan fingerprint density at radius 1 is 1.08 bits per heavy atom. The number of anilines is 1. The highest BCUT2D eigenvalue weighted by Gasteiger charge is 2.30. The fourth-order valence-corrected chi connectivity index (χ4v) is 4.67. The number of fused-ring (bicyclic) bond motifs is 1. The van der Waals surface area contributed by atoms with Crippen LogP contribution in [0.1, 0.15) is 41.2 Å². The van der Waals surface area contributed by atoms with Crippen LogP contribution in [0.4, 0.5) is 10.5 Å². The van der Waals surface area contributed by atoms with Gasteiger partial charge in [0.15, 0.2) is 0 Å². The number of rotatable bonds is 8. The minimum Gasteiger partial charge on any atom is -0.508 e. The summed E-state index contributed by atoms with van der Waals surface area (Å²) in [6.07, 6.45) is 0.232. The number of carbonyl (C=O) groups is 3. The van der Waals surface area contributed by atoms with Crippen molar-refractivity contribution in [2.45, 2.75) is 20.8 Å². The van der Waals surface area contributed by atoms with Crippen LogP contribution in [0.5, 0.6) is 5.75 Å². The fourth-order valence-electron chi connectivity index (χ4n) is 4.67. The standard InChI is InChI=1S/C28H30N4O5/c1-4-31(5-2)15-14-29-27(35)24-17(3)32(28(36)37)23(25(24)18-10-12-19(33)13-11-18)16-21-20-8-6-7-9-22(20)30-26(21)34/h6-13,16,33H,4-5,14-15H2,1-3H3,(H,29,35)(H,30,34)(H,36,37). The van der Waals surface area contributed by atoms with Gasteiger partial charge >= 0.3 is 6.09 Å². The summed E-state index contributed by atoms with van der Waals surface area (Å²) >= 11 is 0. The zero-order valence-electron chi connectivity index (χ0n) is 21.0. The molecule has 192 valence electrons. The summed E-state index contributed by atoms with van der Waals surface area (Å²) in [6, 6.07) is 13.3. The van der Waals surface area contributed by atoms with Crippen molar-refractivity contribution in [3.05, 3.63) is 71.0 Å². The molecule has 1 aliphatic heterocycles. The molecule has 0 saturated carbocycles. The van der Waals surface area contributed by atoms with E-state index in [4.69, 9.17) is 0 Å². The van der Waals surface area contributed by atoms with Crippen LogP contribution in [0.3, 0.4) is 0 Å². The molecule has 0 aliphatic carbocycles. The maximum absolute atomic E-state index is 13.5. The normalized spacial score (nSPS) is 13.6. The number of phenols is 1. The molecule has 37 heavy (non-hydrogen) atoms. The molecule has 0 atom stereocenters. The molecule has 0 bridgehead atoms. The van der Waals surface area contributed by atoms with Gasteiger partial charge in [-0.3, -0.25) is 9.59 Å². The summed E-state index contributed by atoms with van der Waals surface area (Å²) in [5.74, 6) is -0.741. The topological polar surface area (TPSA) is 124 Å². The summed E-state index contributed by atoms with van der Waals surface area (Å²) < 4.78 is 1.03. The van der Waals surface area contributed by atoms with Crippen LogP contribution in [-0.2, 0) is 4.79 Å². The fraction of sp³-hybridized carbons (Fsp3) is 0.250. The Labute approximate surface area is 215 Å². The first-order chi connectivity index (χ1) is 17.8. The lowest BCUT2D eigenvalue weighted by molar-refractivity contribution is -0.110. The van der Waals surface area contributed by atoms with E-state index < -0.39 is 12.0 Å². The van der Waals surface area contributed by atoms with Gasteiger partial charge in [0.05, 0.1) is 16.8 Å². The molecule has 0 radical (unpaired) electrons. The van der Waals surface area contributed by atoms with E-state index in [9.17, 15) is 24.6 Å². The van der Waals surface area contributed by atoms with Crippen LogP contribution in [0.2, 0.25) is 0 Å². The third-order valence-corrected chi connectivity index (χ3v) is 6.62. The van der Waals surface area contributed by atoms with E-state index in [2.05, 4.69) is 15.5 Å². The maximum Gasteiger partial charge on any atom is 0.416 e. The van der Waals surface area contributed by atoms with Gasteiger partial charge < -0.3 is 25.7 Å². The van der Waals surface area contributed by atoms with Crippen LogP contribution < -0.4 is 10.6 Å². The number of amides is 2. The Kier molecular flexibility index (Phi) is 7.45. The number of hydrogen-bond acceptors (Lipinski definition) is 5. The summed E-state index contributed by atoms with van der Waals surface area (Å²) in [5.41, 5.74) is 3.09. The molecule has 4 rings (SSSR count). The molecule has 9 heteroatoms. The van der Waals surface area contributed by atoms with Crippen molar-refractivity contribution in [3.63, 3.8) is 0 Å². The highest BCUT2D eigenvalue weighted by Crippen LogP contribution is 2.38. The van der Waals surface area contributed by atoms with Gasteiger partial charge in [-0.05, 0) is 49.9 Å². The van der Waals surface area contributed by atoms with Crippen molar-refractivity contribution in [3.8, 4) is 16.9 Å². The highest BCUT2D eigenvalue weighted by molar-refractivity contribution is 6.35. The SMILES string of the molecule is CCN(CC)CCNC(=O)c1c(-c2ccc(O)cc2)c(C=C2C(=O)Nc3ccccc32)n(C(=O)O)c1C. The van der Waals surface area contributed by atoms with Crippen molar-refractivity contribution in [2.24, 2.45) is 0 Å². The highest BCUT2D eigenvalue weighted by atomic mass is 16.4. The number of benzene rings is 2. The van der Waals surface area contributed by atoms with Crippen LogP contribution in [-0.4, -0.2) is 63.8 Å². The van der Waals surface area contributed by atoms with E-state index in [1.165, 1.54) is 18.2 Å². The third-order valence-electron chi connectivity index (χ3n) is 6.62. The average Bonchev–Trinajstić information content (AvgIpc) is 3.35. The molecule has 2 amide bonds. The lowest BCUT2D eigenvalue weighted by Crippen LogP contribution is -2.35. The van der Waals surface area contributed by atoms with E-state index in [1.807, 2.05) is 13.8 Å². The Balaban J connectivity index is 1.90. The predicted octanol–water partition coefficient (Wildman–Crippen LogP) is 4.26. The smallest absolute Gasteiger partial charge is 0.416 e. The molecule has 2 aromatic carbocycles. The first-order valence-corrected chi connectivity index (χ1v) is 12.2. The van der Waals surface area contributed by atoms with Gasteiger partial charge in [-0.15, -0.1) is 0 Å². The molecular weight excluding hydrogens is 472 g/mol. The van der Waals surface area contributed by atoms with Crippen molar-refractivity contribution in [2.75, 3.05) is 31.5 Å². The van der Waals surface area contributed by atoms with E-state index in [0.29, 0.717) is 41.0 Å². The second-order valence-corrected chi connectivity index (χ2v) is 8.73. The number of carbonyl (C=O) groups excluding carboxylic acids is 2. The van der Waals surface area contributed by atoms with E-state index >= 15 is 0 Å². The lowest BCUT2D eigenvalue weighted by atomic mass is 9.97. The molecule has 0 spiro atoms. The zero-order valence-corrected chi connectivity index (χ0v) is 21.0. The molecule has 0 unspecified atom stereocenters. The van der Waals surface area contributed by atoms with E-state index in [-0.39, 0.29) is 28.6 Å². The minimum atomic E-state index is -1.28. The van der Waals surface area contributed by atoms with Gasteiger partial charge in [-0.25, -0.2) is 9.36 Å². The number of carboxylic acid groups (broad SMARTS) is 1. The number of likely N-dealkylation sites (N-methyl/N-ethyl adjacent to an activating group) is 1. The average molecular weight is 503 g/mol. The molecule has 3 aromatic rings. The second-order valence-electron chi connectivity index (χ2n) is 8.73. The Bertz CT molecular complexity index is 1380. The summed E-state index contributed by atoms with van der Waals surface area (Å²) in [7, 11) is 0. The van der Waals surface area contributed by atoms with Gasteiger partial charge in [-0.2, -0.15) is 0 Å². The first-order valence-electron chi connectivity index (χ1n) is 12.2. The number of para-hydroxylation sites is 1. The van der Waals surface area contributed by atoms with Gasteiger partial charge in [-0.1, -0.05) is 44.2 Å². The van der Waals surface area contributed by atoms with Crippen LogP contribution in [0.15, 0.2) is 48.5 Å². The van der Waals surface area contributed by atoms with Crippen LogP contribution in [0.25, 0.3) is 22.8 Å². The minimum absolute atomic E-state index is 0.0346. The monoisotopic (exact) mass is 502 g/mol. The molecule has 1 aliphatic rings. The second kappa shape index (κ2) is 10.7. The van der Waals surface area contributed by atoms with Gasteiger partial charge in [0.25, 0.3) is 11.8 Å². The van der Waals surface area contributed by atoms with E-state index in [0.717, 1.165) is 17.7 Å². The first kappa shape index (κ1) is 25.7. The molecule has 1 aromatic heterocycles. The quantitative estimate of drug-likeness (QED) is 0.341. The zero-order chi connectivity index (χ0) is 26.7. The molecule has 9 nitrogen and oxygen atoms in total. The number of nitrogens with zero attached hydrogens (tertiary/aromatic N) is 2. The van der Waals surface area contributed by atoms with Crippen LogP contribution in [0, 0.1) is 6.92 Å². The largest absolute Gasteiger partial charge is 0.508 e. The number of aromatic nitrogens is 1. The van der Waals surface area contributed by atoms with Crippen molar-refractivity contribution < 1.29 is 24.6 Å². The molecule has 0 fully saturated rings. The molecular formula is C28H30N4O5.